The molecule has 1 unspecified atom stereocenters. The fourth-order valence-electron chi connectivity index (χ4n) is 1.97. The summed E-state index contributed by atoms with van der Waals surface area (Å²) in [5.41, 5.74) is 2.59. The molecule has 0 amide bonds. The quantitative estimate of drug-likeness (QED) is 0.664. The Morgan fingerprint density at radius 3 is 2.40 bits per heavy atom. The van der Waals surface area contributed by atoms with Gasteiger partial charge in [-0.3, -0.25) is 0 Å². The molecule has 106 valence electrons. The highest BCUT2D eigenvalue weighted by Crippen LogP contribution is 2.30. The summed E-state index contributed by atoms with van der Waals surface area (Å²) >= 11 is 6.53. The predicted molar refractivity (Wildman–Crippen MR) is 85.0 cm³/mol. The zero-order valence-corrected chi connectivity index (χ0v) is 14.1. The van der Waals surface area contributed by atoms with E-state index in [4.69, 9.17) is 0 Å². The number of nitrogens with one attached hydrogen (secondary N) is 1. The first kappa shape index (κ1) is 15.4. The summed E-state index contributed by atoms with van der Waals surface area (Å²) in [6, 6.07) is 7.72. The Labute approximate surface area is 133 Å². The summed E-state index contributed by atoms with van der Waals surface area (Å²) in [6.45, 7) is 3.80. The summed E-state index contributed by atoms with van der Waals surface area (Å²) in [5, 5.41) is 3.31. The second-order valence-electron chi connectivity index (χ2n) is 4.61. The van der Waals surface area contributed by atoms with E-state index in [1.165, 1.54) is 18.2 Å². The van der Waals surface area contributed by atoms with Crippen LogP contribution < -0.4 is 5.32 Å². The average Bonchev–Trinajstić information content (AvgIpc) is 2.35. The molecule has 0 aliphatic rings. The van der Waals surface area contributed by atoms with Crippen LogP contribution in [0.3, 0.4) is 0 Å². The van der Waals surface area contributed by atoms with Gasteiger partial charge in [0.25, 0.3) is 0 Å². The lowest BCUT2D eigenvalue weighted by Crippen LogP contribution is -2.09. The molecule has 0 saturated carbocycles. The van der Waals surface area contributed by atoms with E-state index in [1.807, 2.05) is 13.8 Å². The van der Waals surface area contributed by atoms with Gasteiger partial charge in [0, 0.05) is 16.2 Å². The Morgan fingerprint density at radius 2 is 1.75 bits per heavy atom. The minimum Gasteiger partial charge on any atom is -0.378 e. The van der Waals surface area contributed by atoms with Gasteiger partial charge in [-0.05, 0) is 65.2 Å². The van der Waals surface area contributed by atoms with E-state index in [0.29, 0.717) is 8.95 Å². The van der Waals surface area contributed by atoms with E-state index in [2.05, 4.69) is 37.2 Å². The lowest BCUT2D eigenvalue weighted by molar-refractivity contribution is 0.619. The van der Waals surface area contributed by atoms with Gasteiger partial charge in [-0.25, -0.2) is 8.78 Å². The molecule has 5 heteroatoms. The van der Waals surface area contributed by atoms with Gasteiger partial charge in [-0.2, -0.15) is 0 Å². The van der Waals surface area contributed by atoms with Crippen LogP contribution in [0.15, 0.2) is 39.3 Å². The topological polar surface area (TPSA) is 12.0 Å². The molecular formula is C15H13Br2F2N. The number of aryl methyl sites for hydroxylation is 1. The van der Waals surface area contributed by atoms with E-state index < -0.39 is 0 Å². The van der Waals surface area contributed by atoms with E-state index >= 15 is 0 Å². The highest BCUT2D eigenvalue weighted by Gasteiger charge is 2.12. The molecule has 1 atom stereocenters. The van der Waals surface area contributed by atoms with Gasteiger partial charge in [0.15, 0.2) is 0 Å². The van der Waals surface area contributed by atoms with Crippen molar-refractivity contribution in [3.8, 4) is 0 Å². The van der Waals surface area contributed by atoms with Crippen molar-refractivity contribution >= 4 is 37.5 Å². The van der Waals surface area contributed by atoms with Crippen LogP contribution in [0.1, 0.15) is 24.1 Å². The minimum absolute atomic E-state index is 0.0407. The molecule has 0 heterocycles. The molecule has 2 aromatic rings. The number of rotatable bonds is 3. The maximum atomic E-state index is 13.4. The third-order valence-corrected chi connectivity index (χ3v) is 4.36. The molecular weight excluding hydrogens is 392 g/mol. The van der Waals surface area contributed by atoms with Crippen LogP contribution in [0.25, 0.3) is 0 Å². The largest absolute Gasteiger partial charge is 0.378 e. The van der Waals surface area contributed by atoms with Gasteiger partial charge in [0.2, 0.25) is 0 Å². The lowest BCUT2D eigenvalue weighted by atomic mass is 10.1. The first-order chi connectivity index (χ1) is 9.38. The van der Waals surface area contributed by atoms with Crippen LogP contribution in [0.5, 0.6) is 0 Å². The Balaban J connectivity index is 2.27. The summed E-state index contributed by atoms with van der Waals surface area (Å²) in [5.74, 6) is -0.572. The fourth-order valence-corrected chi connectivity index (χ4v) is 3.00. The molecule has 0 saturated heterocycles. The Morgan fingerprint density at radius 1 is 1.05 bits per heavy atom. The molecule has 1 nitrogen and oxygen atoms in total. The first-order valence-electron chi connectivity index (χ1n) is 6.05. The van der Waals surface area contributed by atoms with Crippen LogP contribution in [0.4, 0.5) is 14.5 Å². The van der Waals surface area contributed by atoms with Gasteiger partial charge in [0.1, 0.15) is 11.6 Å². The SMILES string of the molecule is Cc1cc(F)c(Br)cc1NC(C)c1ccc(F)cc1Br. The third-order valence-electron chi connectivity index (χ3n) is 3.07. The molecule has 0 aromatic heterocycles. The van der Waals surface area contributed by atoms with E-state index in [0.717, 1.165) is 16.8 Å². The number of benzene rings is 2. The summed E-state index contributed by atoms with van der Waals surface area (Å²) in [6.07, 6.45) is 0. The van der Waals surface area contributed by atoms with Gasteiger partial charge in [0.05, 0.1) is 4.47 Å². The van der Waals surface area contributed by atoms with Gasteiger partial charge in [-0.15, -0.1) is 0 Å². The van der Waals surface area contributed by atoms with Crippen LogP contribution >= 0.6 is 31.9 Å². The normalized spacial score (nSPS) is 12.3. The van der Waals surface area contributed by atoms with E-state index in [-0.39, 0.29) is 17.7 Å². The second kappa shape index (κ2) is 6.22. The molecule has 0 fully saturated rings. The lowest BCUT2D eigenvalue weighted by Gasteiger charge is -2.19. The van der Waals surface area contributed by atoms with Crippen LogP contribution in [-0.4, -0.2) is 0 Å². The molecule has 20 heavy (non-hydrogen) atoms. The molecule has 0 aliphatic carbocycles. The second-order valence-corrected chi connectivity index (χ2v) is 6.32. The van der Waals surface area contributed by atoms with Gasteiger partial charge >= 0.3 is 0 Å². The molecule has 1 N–H and O–H groups in total. The van der Waals surface area contributed by atoms with Gasteiger partial charge in [-0.1, -0.05) is 22.0 Å². The van der Waals surface area contributed by atoms with Crippen molar-refractivity contribution in [2.24, 2.45) is 0 Å². The zero-order chi connectivity index (χ0) is 14.9. The Kier molecular flexibility index (Phi) is 4.81. The number of hydrogen-bond acceptors (Lipinski definition) is 1. The van der Waals surface area contributed by atoms with E-state index in [1.54, 1.807) is 12.1 Å². The summed E-state index contributed by atoms with van der Waals surface area (Å²) < 4.78 is 27.6. The summed E-state index contributed by atoms with van der Waals surface area (Å²) in [4.78, 5) is 0. The first-order valence-corrected chi connectivity index (χ1v) is 7.64. The highest BCUT2D eigenvalue weighted by molar-refractivity contribution is 9.10. The fraction of sp³-hybridized carbons (Fsp3) is 0.200. The minimum atomic E-state index is -0.288. The maximum absolute atomic E-state index is 13.4. The number of halogens is 4. The maximum Gasteiger partial charge on any atom is 0.137 e. The van der Waals surface area contributed by atoms with Crippen molar-refractivity contribution in [1.29, 1.82) is 0 Å². The zero-order valence-electron chi connectivity index (χ0n) is 11.0. The average molecular weight is 405 g/mol. The van der Waals surface area contributed by atoms with Crippen molar-refractivity contribution < 1.29 is 8.78 Å². The molecule has 0 aliphatic heterocycles. The monoisotopic (exact) mass is 403 g/mol. The number of anilines is 1. The van der Waals surface area contributed by atoms with Crippen molar-refractivity contribution in [1.82, 2.24) is 0 Å². The highest BCUT2D eigenvalue weighted by atomic mass is 79.9. The molecule has 0 radical (unpaired) electrons. The van der Waals surface area contributed by atoms with Crippen LogP contribution in [0, 0.1) is 18.6 Å². The number of hydrogen-bond donors (Lipinski definition) is 1. The van der Waals surface area contributed by atoms with Gasteiger partial charge < -0.3 is 5.32 Å². The van der Waals surface area contributed by atoms with Crippen molar-refractivity contribution in [3.05, 3.63) is 62.0 Å². The third kappa shape index (κ3) is 3.38. The van der Waals surface area contributed by atoms with Crippen molar-refractivity contribution in [3.63, 3.8) is 0 Å². The van der Waals surface area contributed by atoms with Crippen molar-refractivity contribution in [2.75, 3.05) is 5.32 Å². The summed E-state index contributed by atoms with van der Waals surface area (Å²) in [7, 11) is 0. The smallest absolute Gasteiger partial charge is 0.137 e. The standard InChI is InChI=1S/C15H13Br2F2N/c1-8-5-14(19)13(17)7-15(8)20-9(2)11-4-3-10(18)6-12(11)16/h3-7,9,20H,1-2H3. The van der Waals surface area contributed by atoms with E-state index in [9.17, 15) is 8.78 Å². The van der Waals surface area contributed by atoms with Crippen LogP contribution in [-0.2, 0) is 0 Å². The van der Waals surface area contributed by atoms with Crippen LogP contribution in [0.2, 0.25) is 0 Å². The molecule has 0 spiro atoms. The van der Waals surface area contributed by atoms with Crippen molar-refractivity contribution in [2.45, 2.75) is 19.9 Å². The Bertz CT molecular complexity index is 644. The Hall–Kier alpha value is -0.940. The molecule has 0 bridgehead atoms. The molecule has 2 rings (SSSR count). The predicted octanol–water partition coefficient (Wildman–Crippen LogP) is 5.97. The molecule has 2 aromatic carbocycles.